The molecule has 0 bridgehead atoms. The summed E-state index contributed by atoms with van der Waals surface area (Å²) >= 11 is 0. The van der Waals surface area contributed by atoms with Crippen LogP contribution in [0.3, 0.4) is 0 Å². The number of amides is 2. The Hall–Kier alpha value is -2.06. The lowest BCUT2D eigenvalue weighted by Gasteiger charge is -2.35. The fourth-order valence-electron chi connectivity index (χ4n) is 3.10. The number of urea groups is 1. The van der Waals surface area contributed by atoms with Gasteiger partial charge in [-0.05, 0) is 43.5 Å². The number of likely N-dealkylation sites (tertiary alicyclic amines) is 1. The number of nitrogens with zero attached hydrogens (tertiary/aromatic N) is 2. The first-order valence-electron chi connectivity index (χ1n) is 8.47. The van der Waals surface area contributed by atoms with Crippen LogP contribution in [0.15, 0.2) is 24.3 Å². The molecule has 5 heteroatoms. The Morgan fingerprint density at radius 1 is 1.35 bits per heavy atom. The summed E-state index contributed by atoms with van der Waals surface area (Å²) in [6, 6.07) is 9.96. The van der Waals surface area contributed by atoms with Gasteiger partial charge in [-0.1, -0.05) is 25.5 Å². The van der Waals surface area contributed by atoms with Gasteiger partial charge < -0.3 is 10.6 Å². The number of rotatable bonds is 6. The minimum absolute atomic E-state index is 0.178. The van der Waals surface area contributed by atoms with E-state index in [0.29, 0.717) is 19.0 Å². The molecule has 2 N–H and O–H groups in total. The molecule has 124 valence electrons. The second kappa shape index (κ2) is 9.16. The van der Waals surface area contributed by atoms with Gasteiger partial charge in [0, 0.05) is 24.8 Å². The minimum atomic E-state index is -0.178. The molecule has 23 heavy (non-hydrogen) atoms. The molecule has 1 atom stereocenters. The summed E-state index contributed by atoms with van der Waals surface area (Å²) in [4.78, 5) is 14.4. The number of hydrogen-bond acceptors (Lipinski definition) is 3. The first kappa shape index (κ1) is 17.3. The van der Waals surface area contributed by atoms with Crippen molar-refractivity contribution in [2.45, 2.75) is 45.1 Å². The normalized spacial score (nSPS) is 18.2. The van der Waals surface area contributed by atoms with E-state index in [0.717, 1.165) is 24.3 Å². The third-order valence-corrected chi connectivity index (χ3v) is 4.40. The quantitative estimate of drug-likeness (QED) is 0.847. The van der Waals surface area contributed by atoms with E-state index >= 15 is 0 Å². The highest BCUT2D eigenvalue weighted by atomic mass is 16.2. The number of piperidine rings is 1. The molecule has 1 unspecified atom stereocenters. The Balaban J connectivity index is 1.71. The average molecular weight is 314 g/mol. The van der Waals surface area contributed by atoms with Crippen LogP contribution in [0.25, 0.3) is 0 Å². The van der Waals surface area contributed by atoms with Crippen LogP contribution in [0, 0.1) is 11.3 Å². The van der Waals surface area contributed by atoms with Crippen LogP contribution in [-0.4, -0.2) is 36.6 Å². The second-order valence-electron chi connectivity index (χ2n) is 6.01. The van der Waals surface area contributed by atoms with E-state index in [1.807, 2.05) is 24.3 Å². The molecule has 0 radical (unpaired) electrons. The van der Waals surface area contributed by atoms with Crippen molar-refractivity contribution in [1.82, 2.24) is 10.2 Å². The van der Waals surface area contributed by atoms with Gasteiger partial charge >= 0.3 is 6.03 Å². The van der Waals surface area contributed by atoms with E-state index in [9.17, 15) is 4.79 Å². The lowest BCUT2D eigenvalue weighted by molar-refractivity contribution is 0.145. The number of carbonyl (C=O) groups excluding carboxylic acids is 1. The number of nitriles is 1. The van der Waals surface area contributed by atoms with Gasteiger partial charge in [0.1, 0.15) is 0 Å². The highest BCUT2D eigenvalue weighted by molar-refractivity contribution is 5.89. The summed E-state index contributed by atoms with van der Waals surface area (Å²) in [6.07, 6.45) is 5.43. The van der Waals surface area contributed by atoms with Crippen molar-refractivity contribution < 1.29 is 4.79 Å². The molecule has 2 amide bonds. The number of nitrogens with one attached hydrogen (secondary N) is 2. The fourth-order valence-corrected chi connectivity index (χ4v) is 3.10. The molecule has 1 aromatic carbocycles. The predicted molar refractivity (Wildman–Crippen MR) is 92.3 cm³/mol. The Bertz CT molecular complexity index is 535. The SMILES string of the molecule is CCC1CCCCN1CCNC(=O)Nc1ccc(CC#N)cc1. The Labute approximate surface area is 138 Å². The Morgan fingerprint density at radius 3 is 2.83 bits per heavy atom. The number of carbonyl (C=O) groups is 1. The van der Waals surface area contributed by atoms with Crippen LogP contribution >= 0.6 is 0 Å². The molecular formula is C18H26N4O. The van der Waals surface area contributed by atoms with Gasteiger partial charge in [-0.15, -0.1) is 0 Å². The predicted octanol–water partition coefficient (Wildman–Crippen LogP) is 3.14. The van der Waals surface area contributed by atoms with Gasteiger partial charge in [-0.25, -0.2) is 4.79 Å². The molecule has 5 nitrogen and oxygen atoms in total. The number of benzene rings is 1. The van der Waals surface area contributed by atoms with Crippen molar-refractivity contribution in [3.8, 4) is 6.07 Å². The van der Waals surface area contributed by atoms with E-state index in [4.69, 9.17) is 5.26 Å². The summed E-state index contributed by atoms with van der Waals surface area (Å²) in [5.74, 6) is 0. The highest BCUT2D eigenvalue weighted by Gasteiger charge is 2.20. The number of anilines is 1. The van der Waals surface area contributed by atoms with Gasteiger partial charge in [0.05, 0.1) is 12.5 Å². The van der Waals surface area contributed by atoms with E-state index in [2.05, 4.69) is 28.5 Å². The number of hydrogen-bond donors (Lipinski definition) is 2. The van der Waals surface area contributed by atoms with Crippen molar-refractivity contribution in [1.29, 1.82) is 5.26 Å². The second-order valence-corrected chi connectivity index (χ2v) is 6.01. The van der Waals surface area contributed by atoms with Crippen molar-refractivity contribution in [2.75, 3.05) is 25.0 Å². The van der Waals surface area contributed by atoms with Crippen molar-refractivity contribution in [3.63, 3.8) is 0 Å². The lowest BCUT2D eigenvalue weighted by atomic mass is 10.0. The third-order valence-electron chi connectivity index (χ3n) is 4.40. The Kier molecular flexibility index (Phi) is 6.89. The summed E-state index contributed by atoms with van der Waals surface area (Å²) in [7, 11) is 0. The zero-order valence-electron chi connectivity index (χ0n) is 13.8. The molecule has 1 heterocycles. The van der Waals surface area contributed by atoms with Crippen LogP contribution in [0.5, 0.6) is 0 Å². The molecule has 0 aromatic heterocycles. The summed E-state index contributed by atoms with van der Waals surface area (Å²) in [6.45, 7) is 4.95. The highest BCUT2D eigenvalue weighted by Crippen LogP contribution is 2.18. The molecule has 1 aliphatic rings. The lowest BCUT2D eigenvalue weighted by Crippen LogP contribution is -2.44. The maximum absolute atomic E-state index is 11.9. The molecule has 2 rings (SSSR count). The molecule has 0 spiro atoms. The Morgan fingerprint density at radius 2 is 2.13 bits per heavy atom. The molecular weight excluding hydrogens is 288 g/mol. The van der Waals surface area contributed by atoms with E-state index in [-0.39, 0.29) is 6.03 Å². The van der Waals surface area contributed by atoms with Crippen molar-refractivity contribution >= 4 is 11.7 Å². The first-order chi connectivity index (χ1) is 11.2. The van der Waals surface area contributed by atoms with Crippen LogP contribution in [-0.2, 0) is 6.42 Å². The van der Waals surface area contributed by atoms with Gasteiger partial charge in [-0.3, -0.25) is 4.90 Å². The molecule has 1 fully saturated rings. The van der Waals surface area contributed by atoms with Crippen LogP contribution < -0.4 is 10.6 Å². The fraction of sp³-hybridized carbons (Fsp3) is 0.556. The van der Waals surface area contributed by atoms with E-state index in [1.54, 1.807) is 0 Å². The van der Waals surface area contributed by atoms with Gasteiger partial charge in [-0.2, -0.15) is 5.26 Å². The molecule has 0 aliphatic carbocycles. The van der Waals surface area contributed by atoms with Gasteiger partial charge in [0.2, 0.25) is 0 Å². The topological polar surface area (TPSA) is 68.2 Å². The van der Waals surface area contributed by atoms with Crippen LogP contribution in [0.4, 0.5) is 10.5 Å². The maximum atomic E-state index is 11.9. The van der Waals surface area contributed by atoms with Crippen LogP contribution in [0.1, 0.15) is 38.2 Å². The molecule has 0 saturated carbocycles. The van der Waals surface area contributed by atoms with E-state index in [1.165, 1.54) is 25.7 Å². The average Bonchev–Trinajstić information content (AvgIpc) is 2.57. The summed E-state index contributed by atoms with van der Waals surface area (Å²) in [5.41, 5.74) is 1.70. The maximum Gasteiger partial charge on any atom is 0.319 e. The summed E-state index contributed by atoms with van der Waals surface area (Å²) < 4.78 is 0. The monoisotopic (exact) mass is 314 g/mol. The van der Waals surface area contributed by atoms with Crippen LogP contribution in [0.2, 0.25) is 0 Å². The smallest absolute Gasteiger partial charge is 0.319 e. The third kappa shape index (κ3) is 5.57. The first-order valence-corrected chi connectivity index (χ1v) is 8.47. The molecule has 1 aliphatic heterocycles. The van der Waals surface area contributed by atoms with Gasteiger partial charge in [0.25, 0.3) is 0 Å². The molecule has 1 saturated heterocycles. The zero-order chi connectivity index (χ0) is 16.5. The molecule has 1 aromatic rings. The van der Waals surface area contributed by atoms with Gasteiger partial charge in [0.15, 0.2) is 0 Å². The largest absolute Gasteiger partial charge is 0.337 e. The zero-order valence-corrected chi connectivity index (χ0v) is 13.8. The minimum Gasteiger partial charge on any atom is -0.337 e. The van der Waals surface area contributed by atoms with Crippen molar-refractivity contribution in [3.05, 3.63) is 29.8 Å². The van der Waals surface area contributed by atoms with Crippen molar-refractivity contribution in [2.24, 2.45) is 0 Å². The van der Waals surface area contributed by atoms with E-state index < -0.39 is 0 Å². The standard InChI is InChI=1S/C18H26N4O/c1-2-17-5-3-4-13-22(17)14-12-20-18(23)21-16-8-6-15(7-9-16)10-11-19/h6-9,17H,2-5,10,12-14H2,1H3,(H2,20,21,23). The summed E-state index contributed by atoms with van der Waals surface area (Å²) in [5, 5.41) is 14.4.